The summed E-state index contributed by atoms with van der Waals surface area (Å²) in [6, 6.07) is -1.24. The van der Waals surface area contributed by atoms with Crippen LogP contribution in [-0.2, 0) is 57.2 Å². The topological polar surface area (TPSA) is 170 Å². The Morgan fingerprint density at radius 2 is 1.56 bits per heavy atom. The highest BCUT2D eigenvalue weighted by Crippen LogP contribution is 2.38. The molecule has 1 aliphatic heterocycles. The molecule has 0 aliphatic carbocycles. The van der Waals surface area contributed by atoms with Gasteiger partial charge in [-0.15, -0.1) is 0 Å². The number of carbonyl (C=O) groups excluding carboxylic acids is 6. The molecule has 1 aliphatic rings. The van der Waals surface area contributed by atoms with Crippen LogP contribution in [0, 0.1) is 0 Å². The van der Waals surface area contributed by atoms with Gasteiger partial charge in [-0.05, 0) is 0 Å². The monoisotopic (exact) mass is 509 g/mol. The van der Waals surface area contributed by atoms with Gasteiger partial charge >= 0.3 is 29.8 Å². The van der Waals surface area contributed by atoms with Gasteiger partial charge in [0.25, 0.3) is 0 Å². The molecule has 0 bridgehead atoms. The van der Waals surface area contributed by atoms with Crippen LogP contribution < -0.4 is 5.32 Å². The third-order valence-corrected chi connectivity index (χ3v) is 4.88. The van der Waals surface area contributed by atoms with Gasteiger partial charge in [-0.2, -0.15) is 0 Å². The summed E-state index contributed by atoms with van der Waals surface area (Å²) in [6.07, 6.45) is -6.29. The molecule has 1 rings (SSSR count). The lowest BCUT2D eigenvalue weighted by atomic mass is 9.89. The normalized spacial score (nSPS) is 25.7. The van der Waals surface area contributed by atoms with Crippen molar-refractivity contribution >= 4 is 47.4 Å². The van der Waals surface area contributed by atoms with Gasteiger partial charge in [0.1, 0.15) is 18.8 Å². The predicted molar refractivity (Wildman–Crippen MR) is 111 cm³/mol. The summed E-state index contributed by atoms with van der Waals surface area (Å²) in [5.41, 5.74) is 0. The minimum atomic E-state index is -2.24. The lowest BCUT2D eigenvalue weighted by molar-refractivity contribution is -0.225. The first kappa shape index (κ1) is 29.1. The van der Waals surface area contributed by atoms with Crippen LogP contribution in [0.3, 0.4) is 0 Å². The number of ether oxygens (including phenoxy) is 6. The minimum absolute atomic E-state index is 0.447. The predicted octanol–water partition coefficient (Wildman–Crippen LogP) is -0.254. The number of halogens is 1. The molecule has 1 amide bonds. The van der Waals surface area contributed by atoms with Crippen LogP contribution in [0.25, 0.3) is 0 Å². The Kier molecular flexibility index (Phi) is 10.7. The van der Waals surface area contributed by atoms with Crippen molar-refractivity contribution < 1.29 is 57.2 Å². The fourth-order valence-corrected chi connectivity index (χ4v) is 3.71. The zero-order valence-corrected chi connectivity index (χ0v) is 20.3. The summed E-state index contributed by atoms with van der Waals surface area (Å²) in [5, 5.41) is 0.276. The summed E-state index contributed by atoms with van der Waals surface area (Å²) >= 11 is 6.38. The zero-order valence-electron chi connectivity index (χ0n) is 19.6. The molecule has 192 valence electrons. The smallest absolute Gasteiger partial charge is 0.354 e. The van der Waals surface area contributed by atoms with Gasteiger partial charge in [0.05, 0.1) is 13.2 Å². The second-order valence-corrected chi connectivity index (χ2v) is 8.02. The van der Waals surface area contributed by atoms with Crippen molar-refractivity contribution in [3.8, 4) is 0 Å². The molecule has 1 heterocycles. The van der Waals surface area contributed by atoms with Crippen LogP contribution in [0.1, 0.15) is 41.0 Å². The molecular weight excluding hydrogens is 482 g/mol. The van der Waals surface area contributed by atoms with Gasteiger partial charge in [0.15, 0.2) is 12.2 Å². The molecule has 0 radical (unpaired) electrons. The van der Waals surface area contributed by atoms with E-state index in [0.717, 1.165) is 41.7 Å². The van der Waals surface area contributed by atoms with Gasteiger partial charge < -0.3 is 33.7 Å². The summed E-state index contributed by atoms with van der Waals surface area (Å²) in [4.78, 5) is 71.2. The van der Waals surface area contributed by atoms with Crippen molar-refractivity contribution in [2.45, 2.75) is 76.6 Å². The number of amides is 1. The summed E-state index contributed by atoms with van der Waals surface area (Å²) in [5.74, 6) is -4.87. The largest absolute Gasteiger partial charge is 0.466 e. The zero-order chi connectivity index (χ0) is 26.2. The standard InChI is InChI=1S/C20H28ClNO12/c1-9(23)22-16-14(31-11(3)25)7-20(21,19(28)29-6)34-18(16)17(33-13(5)27)15(32-12(4)26)8-30-10(2)24/h14-18H,7-8H2,1-6H3,(H,22,23)/t14-,15+,16+,17+,18+,20+/m0/s1. The van der Waals surface area contributed by atoms with Gasteiger partial charge in [-0.25, -0.2) is 4.79 Å². The molecule has 34 heavy (non-hydrogen) atoms. The highest BCUT2D eigenvalue weighted by atomic mass is 35.5. The molecule has 1 saturated heterocycles. The number of methoxy groups -OCH3 is 1. The average Bonchev–Trinajstić information content (AvgIpc) is 2.69. The number of alkyl halides is 1. The molecule has 0 aromatic carbocycles. The van der Waals surface area contributed by atoms with Crippen LogP contribution in [0.4, 0.5) is 0 Å². The number of hydrogen-bond acceptors (Lipinski definition) is 12. The molecule has 0 aromatic rings. The van der Waals surface area contributed by atoms with Gasteiger partial charge in [0, 0.05) is 41.0 Å². The van der Waals surface area contributed by atoms with E-state index in [1.165, 1.54) is 0 Å². The van der Waals surface area contributed by atoms with Crippen LogP contribution in [-0.4, -0.2) is 85.0 Å². The third-order valence-electron chi connectivity index (χ3n) is 4.48. The second-order valence-electron chi connectivity index (χ2n) is 7.41. The molecule has 1 N–H and O–H groups in total. The first-order valence-electron chi connectivity index (χ1n) is 10.1. The number of esters is 5. The Hall–Kier alpha value is -2.93. The maximum Gasteiger partial charge on any atom is 0.354 e. The van der Waals surface area contributed by atoms with Crippen LogP contribution in [0.15, 0.2) is 0 Å². The molecule has 13 nitrogen and oxygen atoms in total. The van der Waals surface area contributed by atoms with Crippen molar-refractivity contribution in [3.63, 3.8) is 0 Å². The summed E-state index contributed by atoms with van der Waals surface area (Å²) in [6.45, 7) is 4.87. The van der Waals surface area contributed by atoms with Gasteiger partial charge in [-0.3, -0.25) is 24.0 Å². The number of carbonyl (C=O) groups is 6. The molecule has 0 unspecified atom stereocenters. The maximum atomic E-state index is 12.4. The van der Waals surface area contributed by atoms with Crippen LogP contribution >= 0.6 is 11.6 Å². The van der Waals surface area contributed by atoms with E-state index in [2.05, 4.69) is 10.1 Å². The van der Waals surface area contributed by atoms with E-state index in [4.69, 9.17) is 35.3 Å². The van der Waals surface area contributed by atoms with Gasteiger partial charge in [0.2, 0.25) is 11.0 Å². The van der Waals surface area contributed by atoms with Gasteiger partial charge in [-0.1, -0.05) is 11.6 Å². The minimum Gasteiger partial charge on any atom is -0.466 e. The Bertz CT molecular complexity index is 817. The summed E-state index contributed by atoms with van der Waals surface area (Å²) in [7, 11) is 1.04. The number of rotatable bonds is 9. The van der Waals surface area contributed by atoms with Crippen molar-refractivity contribution in [1.82, 2.24) is 5.32 Å². The molecule has 1 fully saturated rings. The van der Waals surface area contributed by atoms with E-state index < -0.39 is 84.3 Å². The molecule has 6 atom stereocenters. The second kappa shape index (κ2) is 12.5. The van der Waals surface area contributed by atoms with Crippen LogP contribution in [0.5, 0.6) is 0 Å². The molecule has 0 saturated carbocycles. The van der Waals surface area contributed by atoms with E-state index >= 15 is 0 Å². The highest BCUT2D eigenvalue weighted by Gasteiger charge is 2.57. The Balaban J connectivity index is 3.64. The number of nitrogens with one attached hydrogen (secondary N) is 1. The Morgan fingerprint density at radius 1 is 0.971 bits per heavy atom. The maximum absolute atomic E-state index is 12.4. The third kappa shape index (κ3) is 8.45. The average molecular weight is 510 g/mol. The van der Waals surface area contributed by atoms with E-state index in [9.17, 15) is 28.8 Å². The molecular formula is C20H28ClNO12. The van der Waals surface area contributed by atoms with E-state index in [1.54, 1.807) is 0 Å². The highest BCUT2D eigenvalue weighted by molar-refractivity contribution is 6.32. The molecule has 0 spiro atoms. The van der Waals surface area contributed by atoms with Crippen molar-refractivity contribution in [1.29, 1.82) is 0 Å². The summed E-state index contributed by atoms with van der Waals surface area (Å²) < 4.78 is 31.2. The lowest BCUT2D eigenvalue weighted by Crippen LogP contribution is -2.67. The Labute approximate surface area is 200 Å². The first-order chi connectivity index (χ1) is 15.7. The van der Waals surface area contributed by atoms with E-state index in [0.29, 0.717) is 0 Å². The fraction of sp³-hybridized carbons (Fsp3) is 0.700. The lowest BCUT2D eigenvalue weighted by Gasteiger charge is -2.46. The van der Waals surface area contributed by atoms with Crippen molar-refractivity contribution in [2.75, 3.05) is 13.7 Å². The molecule has 14 heteroatoms. The van der Waals surface area contributed by atoms with E-state index in [-0.39, 0.29) is 0 Å². The first-order valence-corrected chi connectivity index (χ1v) is 10.4. The number of hydrogen-bond donors (Lipinski definition) is 1. The molecule has 0 aromatic heterocycles. The fourth-order valence-electron chi connectivity index (χ4n) is 3.38. The van der Waals surface area contributed by atoms with Crippen molar-refractivity contribution in [2.24, 2.45) is 0 Å². The van der Waals surface area contributed by atoms with Crippen LogP contribution in [0.2, 0.25) is 0 Å². The SMILES string of the molecule is COC(=O)[C@@]1(Cl)C[C@H](OC(C)=O)[C@@H](NC(C)=O)[C@H]([C@H](OC(C)=O)[C@@H](COC(C)=O)OC(C)=O)O1. The Morgan fingerprint density at radius 3 is 2.00 bits per heavy atom. The van der Waals surface area contributed by atoms with Crippen molar-refractivity contribution in [3.05, 3.63) is 0 Å². The quantitative estimate of drug-likeness (QED) is 0.246. The van der Waals surface area contributed by atoms with E-state index in [1.807, 2.05) is 0 Å².